The van der Waals surface area contributed by atoms with Gasteiger partial charge >= 0.3 is 6.03 Å². The van der Waals surface area contributed by atoms with Crippen molar-refractivity contribution in [1.29, 1.82) is 0 Å². The number of urea groups is 1. The fourth-order valence-electron chi connectivity index (χ4n) is 4.59. The molecule has 2 N–H and O–H groups in total. The molecule has 2 aromatic rings. The largest absolute Gasteiger partial charge is 0.494 e. The predicted molar refractivity (Wildman–Crippen MR) is 114 cm³/mol. The van der Waals surface area contributed by atoms with Crippen molar-refractivity contribution in [1.82, 2.24) is 10.2 Å². The number of carbonyl (C=O) groups excluding carboxylic acids is 1. The van der Waals surface area contributed by atoms with E-state index >= 15 is 0 Å². The zero-order valence-electron chi connectivity index (χ0n) is 16.4. The van der Waals surface area contributed by atoms with E-state index in [9.17, 15) is 4.79 Å². The van der Waals surface area contributed by atoms with E-state index in [0.29, 0.717) is 18.7 Å². The lowest BCUT2D eigenvalue weighted by molar-refractivity contribution is 0.0208. The Balaban J connectivity index is 1.31. The number of amides is 2. The van der Waals surface area contributed by atoms with Crippen molar-refractivity contribution < 1.29 is 9.53 Å². The molecular formula is C22H29N3O2S. The summed E-state index contributed by atoms with van der Waals surface area (Å²) in [7, 11) is 0. The van der Waals surface area contributed by atoms with Crippen LogP contribution >= 0.6 is 11.3 Å². The van der Waals surface area contributed by atoms with Crippen molar-refractivity contribution in [3.63, 3.8) is 0 Å². The van der Waals surface area contributed by atoms with E-state index in [1.165, 1.54) is 24.1 Å². The molecular weight excluding hydrogens is 370 g/mol. The molecule has 0 spiro atoms. The van der Waals surface area contributed by atoms with Gasteiger partial charge in [0.1, 0.15) is 5.75 Å². The van der Waals surface area contributed by atoms with E-state index in [-0.39, 0.29) is 12.1 Å². The van der Waals surface area contributed by atoms with Gasteiger partial charge < -0.3 is 15.4 Å². The number of nitrogens with one attached hydrogen (secondary N) is 2. The number of rotatable bonds is 6. The molecule has 3 heterocycles. The van der Waals surface area contributed by atoms with Crippen LogP contribution in [0, 0.1) is 0 Å². The van der Waals surface area contributed by atoms with Crippen molar-refractivity contribution in [2.24, 2.45) is 0 Å². The van der Waals surface area contributed by atoms with Crippen molar-refractivity contribution in [3.8, 4) is 5.75 Å². The highest BCUT2D eigenvalue weighted by Crippen LogP contribution is 2.35. The fraction of sp³-hybridized carbons (Fsp3) is 0.500. The van der Waals surface area contributed by atoms with Crippen LogP contribution in [0.5, 0.6) is 5.75 Å². The van der Waals surface area contributed by atoms with Crippen LogP contribution in [0.25, 0.3) is 0 Å². The zero-order chi connectivity index (χ0) is 19.3. The van der Waals surface area contributed by atoms with Crippen LogP contribution < -0.4 is 15.4 Å². The molecule has 0 saturated carbocycles. The number of piperidine rings is 2. The Morgan fingerprint density at radius 2 is 1.93 bits per heavy atom. The Morgan fingerprint density at radius 1 is 1.18 bits per heavy atom. The first-order valence-electron chi connectivity index (χ1n) is 10.3. The molecule has 0 radical (unpaired) electrons. The van der Waals surface area contributed by atoms with E-state index in [0.717, 1.165) is 30.8 Å². The first kappa shape index (κ1) is 19.3. The minimum absolute atomic E-state index is 0.112. The molecule has 2 aliphatic rings. The second kappa shape index (κ2) is 8.97. The van der Waals surface area contributed by atoms with Crippen LogP contribution in [0.2, 0.25) is 0 Å². The number of hydrogen-bond acceptors (Lipinski definition) is 4. The smallest absolute Gasteiger partial charge is 0.319 e. The van der Waals surface area contributed by atoms with E-state index in [1.54, 1.807) is 0 Å². The van der Waals surface area contributed by atoms with Crippen molar-refractivity contribution in [3.05, 3.63) is 46.7 Å². The van der Waals surface area contributed by atoms with Gasteiger partial charge in [-0.3, -0.25) is 4.90 Å². The first-order valence-corrected chi connectivity index (χ1v) is 11.2. The van der Waals surface area contributed by atoms with Crippen molar-refractivity contribution in [2.75, 3.05) is 11.9 Å². The number of benzene rings is 1. The van der Waals surface area contributed by atoms with E-state index in [2.05, 4.69) is 33.0 Å². The molecule has 1 aromatic heterocycles. The van der Waals surface area contributed by atoms with Crippen molar-refractivity contribution >= 4 is 23.1 Å². The zero-order valence-corrected chi connectivity index (χ0v) is 17.2. The van der Waals surface area contributed by atoms with Crippen LogP contribution in [-0.2, 0) is 6.54 Å². The molecule has 5 nitrogen and oxygen atoms in total. The summed E-state index contributed by atoms with van der Waals surface area (Å²) < 4.78 is 5.44. The summed E-state index contributed by atoms with van der Waals surface area (Å²) >= 11 is 1.84. The van der Waals surface area contributed by atoms with Gasteiger partial charge in [-0.2, -0.15) is 0 Å². The molecule has 2 aliphatic heterocycles. The fourth-order valence-corrected chi connectivity index (χ4v) is 5.30. The lowest BCUT2D eigenvalue weighted by atomic mass is 9.81. The van der Waals surface area contributed by atoms with E-state index < -0.39 is 0 Å². The summed E-state index contributed by atoms with van der Waals surface area (Å²) in [5, 5.41) is 8.32. The molecule has 1 aromatic carbocycles. The van der Waals surface area contributed by atoms with Crippen LogP contribution in [0.1, 0.15) is 43.9 Å². The van der Waals surface area contributed by atoms with Crippen LogP contribution in [0.15, 0.2) is 41.8 Å². The number of ether oxygens (including phenoxy) is 1. The van der Waals surface area contributed by atoms with Gasteiger partial charge in [0.2, 0.25) is 0 Å². The molecule has 2 amide bonds. The maximum absolute atomic E-state index is 12.5. The van der Waals surface area contributed by atoms with Crippen LogP contribution in [0.4, 0.5) is 10.5 Å². The Hall–Kier alpha value is -2.05. The Kier molecular flexibility index (Phi) is 6.17. The van der Waals surface area contributed by atoms with Gasteiger partial charge in [-0.25, -0.2) is 4.79 Å². The Bertz CT molecular complexity index is 749. The van der Waals surface area contributed by atoms with Crippen LogP contribution in [-0.4, -0.2) is 35.7 Å². The van der Waals surface area contributed by atoms with Gasteiger partial charge in [0.05, 0.1) is 6.61 Å². The van der Waals surface area contributed by atoms with E-state index in [4.69, 9.17) is 4.74 Å². The monoisotopic (exact) mass is 399 g/mol. The van der Waals surface area contributed by atoms with Gasteiger partial charge in [0, 0.05) is 35.2 Å². The Morgan fingerprint density at radius 3 is 2.57 bits per heavy atom. The van der Waals surface area contributed by atoms with Crippen LogP contribution in [0.3, 0.4) is 0 Å². The third-order valence-corrected chi connectivity index (χ3v) is 6.66. The van der Waals surface area contributed by atoms with E-state index in [1.807, 2.05) is 42.5 Å². The average Bonchev–Trinajstić information content (AvgIpc) is 3.17. The SMILES string of the molecule is CCOc1ccc(NC(=O)NC2C[C@H]3CCC[C@H](C2)N3Cc2cccs2)cc1. The third kappa shape index (κ3) is 4.67. The van der Waals surface area contributed by atoms with Gasteiger partial charge in [-0.15, -0.1) is 11.3 Å². The third-order valence-electron chi connectivity index (χ3n) is 5.80. The number of nitrogens with zero attached hydrogens (tertiary/aromatic N) is 1. The van der Waals surface area contributed by atoms with Gasteiger partial charge in [0.25, 0.3) is 0 Å². The minimum atomic E-state index is -0.112. The molecule has 0 aliphatic carbocycles. The maximum Gasteiger partial charge on any atom is 0.319 e. The predicted octanol–water partition coefficient (Wildman–Crippen LogP) is 4.85. The summed E-state index contributed by atoms with van der Waals surface area (Å²) in [6.07, 6.45) is 5.86. The highest BCUT2D eigenvalue weighted by molar-refractivity contribution is 7.09. The summed E-state index contributed by atoms with van der Waals surface area (Å²) in [5.74, 6) is 0.819. The van der Waals surface area contributed by atoms with Gasteiger partial charge in [-0.05, 0) is 68.3 Å². The van der Waals surface area contributed by atoms with Gasteiger partial charge in [0.15, 0.2) is 0 Å². The molecule has 6 heteroatoms. The molecule has 2 bridgehead atoms. The normalized spacial score (nSPS) is 24.5. The summed E-state index contributed by atoms with van der Waals surface area (Å²) in [6.45, 7) is 3.65. The second-order valence-corrected chi connectivity index (χ2v) is 8.75. The molecule has 150 valence electrons. The topological polar surface area (TPSA) is 53.6 Å². The van der Waals surface area contributed by atoms with Crippen molar-refractivity contribution in [2.45, 2.75) is 63.7 Å². The number of thiophene rings is 1. The summed E-state index contributed by atoms with van der Waals surface area (Å²) in [4.78, 5) is 16.6. The quantitative estimate of drug-likeness (QED) is 0.730. The molecule has 2 fully saturated rings. The molecule has 28 heavy (non-hydrogen) atoms. The lowest BCUT2D eigenvalue weighted by Crippen LogP contribution is -2.56. The molecule has 4 rings (SSSR count). The molecule has 2 saturated heterocycles. The van der Waals surface area contributed by atoms with Gasteiger partial charge in [-0.1, -0.05) is 12.5 Å². The summed E-state index contributed by atoms with van der Waals surface area (Å²) in [5.41, 5.74) is 0.788. The highest BCUT2D eigenvalue weighted by atomic mass is 32.1. The maximum atomic E-state index is 12.5. The molecule has 2 atom stereocenters. The minimum Gasteiger partial charge on any atom is -0.494 e. The number of anilines is 1. The Labute approximate surface area is 171 Å². The first-order chi connectivity index (χ1) is 13.7. The summed E-state index contributed by atoms with van der Waals surface area (Å²) in [6, 6.07) is 13.2. The second-order valence-electron chi connectivity index (χ2n) is 7.71. The standard InChI is InChI=1S/C22H29N3O2S/c1-2-27-20-10-8-16(9-11-20)23-22(26)24-17-13-18-5-3-6-19(14-17)25(18)15-21-7-4-12-28-21/h4,7-12,17-19H,2-3,5-6,13-15H2,1H3,(H2,23,24,26)/t18-,19-/m1/s1. The highest BCUT2D eigenvalue weighted by Gasteiger charge is 2.38. The molecule has 0 unspecified atom stereocenters. The number of fused-ring (bicyclic) bond motifs is 2. The lowest BCUT2D eigenvalue weighted by Gasteiger charge is -2.48. The average molecular weight is 400 g/mol. The number of carbonyl (C=O) groups is 1. The number of hydrogen-bond donors (Lipinski definition) is 2.